The van der Waals surface area contributed by atoms with Crippen molar-refractivity contribution in [3.63, 3.8) is 0 Å². The van der Waals surface area contributed by atoms with Crippen LogP contribution in [-0.4, -0.2) is 29.7 Å². The molecule has 10 heteroatoms. The molecule has 2 rings (SSSR count). The molecule has 17 heavy (non-hydrogen) atoms. The van der Waals surface area contributed by atoms with E-state index in [1.165, 1.54) is 11.6 Å². The number of hydrogen-bond donors (Lipinski definition) is 3. The third-order valence-electron chi connectivity index (χ3n) is 2.21. The van der Waals surface area contributed by atoms with Crippen LogP contribution in [0.15, 0.2) is 6.20 Å². The minimum atomic E-state index is -0.557. The van der Waals surface area contributed by atoms with E-state index in [4.69, 9.17) is 5.73 Å². The molecule has 0 saturated heterocycles. The quantitative estimate of drug-likeness (QED) is 0.403. The molecule has 1 atom stereocenters. The molecule has 9 nitrogen and oxygen atoms in total. The summed E-state index contributed by atoms with van der Waals surface area (Å²) in [6, 6.07) is 0. The van der Waals surface area contributed by atoms with Gasteiger partial charge < -0.3 is 15.8 Å². The van der Waals surface area contributed by atoms with Crippen LogP contribution in [0.5, 0.6) is 0 Å². The summed E-state index contributed by atoms with van der Waals surface area (Å²) < 4.78 is 1.33. The number of nitrogens with one attached hydrogen (secondary N) is 1. The van der Waals surface area contributed by atoms with Gasteiger partial charge in [-0.2, -0.15) is 17.6 Å². The van der Waals surface area contributed by atoms with E-state index in [1.807, 2.05) is 0 Å². The Kier molecular flexibility index (Phi) is 2.71. The largest absolute Gasteiger partial charge is 0.367 e. The highest BCUT2D eigenvalue weighted by Gasteiger charge is 2.25. The minimum Gasteiger partial charge on any atom is -0.367 e. The standard InChI is InChI=1S/C7H9N7O2S/c1-13-3(14(15)16)2-9-6(13)4(17)5-10-7(8)12-11-5/h2,4,17H,1H3,(H3,8,10,11,12). The molecule has 2 heterocycles. The van der Waals surface area contributed by atoms with Crippen LogP contribution in [0.25, 0.3) is 0 Å². The first-order valence-electron chi connectivity index (χ1n) is 4.52. The Hall–Kier alpha value is -2.10. The summed E-state index contributed by atoms with van der Waals surface area (Å²) in [6.07, 6.45) is 1.16. The minimum absolute atomic E-state index is 0.0859. The van der Waals surface area contributed by atoms with Crippen LogP contribution >= 0.6 is 12.6 Å². The van der Waals surface area contributed by atoms with E-state index in [0.717, 1.165) is 6.20 Å². The summed E-state index contributed by atoms with van der Waals surface area (Å²) in [5.41, 5.74) is 5.36. The predicted molar refractivity (Wildman–Crippen MR) is 61.5 cm³/mol. The molecule has 0 bridgehead atoms. The topological polar surface area (TPSA) is 129 Å². The molecule has 2 aromatic heterocycles. The van der Waals surface area contributed by atoms with Crippen molar-refractivity contribution >= 4 is 24.4 Å². The van der Waals surface area contributed by atoms with Gasteiger partial charge in [0.1, 0.15) is 17.3 Å². The summed E-state index contributed by atoms with van der Waals surface area (Å²) in [5, 5.41) is 16.3. The maximum atomic E-state index is 10.7. The van der Waals surface area contributed by atoms with Gasteiger partial charge >= 0.3 is 5.82 Å². The molecule has 0 aliphatic rings. The monoisotopic (exact) mass is 255 g/mol. The molecule has 1 unspecified atom stereocenters. The third kappa shape index (κ3) is 1.93. The highest BCUT2D eigenvalue weighted by molar-refractivity contribution is 7.80. The van der Waals surface area contributed by atoms with Crippen LogP contribution in [0.1, 0.15) is 16.9 Å². The lowest BCUT2D eigenvalue weighted by Crippen LogP contribution is -2.06. The Morgan fingerprint density at radius 2 is 2.41 bits per heavy atom. The summed E-state index contributed by atoms with van der Waals surface area (Å²) in [7, 11) is 1.53. The number of nitrogens with zero attached hydrogens (tertiary/aromatic N) is 5. The SMILES string of the molecule is Cn1c([N+](=O)[O-])cnc1C(S)c1nc(N)n[nH]1. The van der Waals surface area contributed by atoms with Gasteiger partial charge in [-0.05, 0) is 4.92 Å². The second-order valence-corrected chi connectivity index (χ2v) is 3.79. The van der Waals surface area contributed by atoms with Gasteiger partial charge in [0.15, 0.2) is 0 Å². The molecular formula is C7H9N7O2S. The van der Waals surface area contributed by atoms with Crippen LogP contribution in [0.4, 0.5) is 11.8 Å². The molecule has 2 aromatic rings. The number of H-pyrrole nitrogens is 1. The smallest absolute Gasteiger partial charge is 0.342 e. The first kappa shape index (κ1) is 11.4. The van der Waals surface area contributed by atoms with E-state index in [1.54, 1.807) is 0 Å². The zero-order valence-corrected chi connectivity index (χ0v) is 9.63. The van der Waals surface area contributed by atoms with Crippen molar-refractivity contribution in [1.82, 2.24) is 24.7 Å². The van der Waals surface area contributed by atoms with Crippen molar-refractivity contribution in [2.45, 2.75) is 5.25 Å². The van der Waals surface area contributed by atoms with E-state index in [-0.39, 0.29) is 11.8 Å². The zero-order chi connectivity index (χ0) is 12.6. The molecule has 0 saturated carbocycles. The lowest BCUT2D eigenvalue weighted by atomic mass is 10.4. The van der Waals surface area contributed by atoms with Gasteiger partial charge in [-0.15, -0.1) is 5.10 Å². The average molecular weight is 255 g/mol. The number of rotatable bonds is 3. The summed E-state index contributed by atoms with van der Waals surface area (Å²) in [4.78, 5) is 18.0. The molecular weight excluding hydrogens is 246 g/mol. The third-order valence-corrected chi connectivity index (χ3v) is 2.69. The van der Waals surface area contributed by atoms with E-state index in [9.17, 15) is 10.1 Å². The molecule has 0 fully saturated rings. The number of aromatic amines is 1. The van der Waals surface area contributed by atoms with E-state index >= 15 is 0 Å². The van der Waals surface area contributed by atoms with Crippen molar-refractivity contribution in [2.24, 2.45) is 7.05 Å². The molecule has 0 radical (unpaired) electrons. The van der Waals surface area contributed by atoms with Crippen molar-refractivity contribution in [3.8, 4) is 0 Å². The lowest BCUT2D eigenvalue weighted by Gasteiger charge is -2.03. The summed E-state index contributed by atoms with van der Waals surface area (Å²) >= 11 is 4.28. The Bertz CT molecular complexity index is 562. The fourth-order valence-corrected chi connectivity index (χ4v) is 1.73. The van der Waals surface area contributed by atoms with Gasteiger partial charge in [-0.25, -0.2) is 9.55 Å². The maximum Gasteiger partial charge on any atom is 0.342 e. The predicted octanol–water partition coefficient (Wildman–Crippen LogP) is 0.0478. The van der Waals surface area contributed by atoms with E-state index < -0.39 is 10.2 Å². The Labute approximate surface area is 101 Å². The normalized spacial score (nSPS) is 12.6. The number of hydrogen-bond acceptors (Lipinski definition) is 7. The number of imidazole rings is 1. The first-order valence-corrected chi connectivity index (χ1v) is 5.04. The number of anilines is 1. The molecule has 0 aromatic carbocycles. The molecule has 90 valence electrons. The maximum absolute atomic E-state index is 10.7. The summed E-state index contributed by atoms with van der Waals surface area (Å²) in [6.45, 7) is 0. The average Bonchev–Trinajstić information content (AvgIpc) is 2.83. The second kappa shape index (κ2) is 4.05. The lowest BCUT2D eigenvalue weighted by molar-refractivity contribution is -0.391. The van der Waals surface area contributed by atoms with E-state index in [0.29, 0.717) is 11.6 Å². The molecule has 0 aliphatic heterocycles. The molecule has 0 spiro atoms. The molecule has 3 N–H and O–H groups in total. The van der Waals surface area contributed by atoms with Gasteiger partial charge in [0.05, 0.1) is 7.05 Å². The number of aromatic nitrogens is 5. The first-order chi connectivity index (χ1) is 8.00. The number of thiol groups is 1. The highest BCUT2D eigenvalue weighted by Crippen LogP contribution is 2.26. The van der Waals surface area contributed by atoms with Gasteiger partial charge in [0.2, 0.25) is 11.8 Å². The molecule has 0 amide bonds. The van der Waals surface area contributed by atoms with Crippen LogP contribution in [-0.2, 0) is 7.05 Å². The number of nitro groups is 1. The van der Waals surface area contributed by atoms with Crippen molar-refractivity contribution in [1.29, 1.82) is 0 Å². The van der Waals surface area contributed by atoms with Crippen LogP contribution in [0, 0.1) is 10.1 Å². The van der Waals surface area contributed by atoms with Crippen molar-refractivity contribution < 1.29 is 4.92 Å². The van der Waals surface area contributed by atoms with Crippen LogP contribution in [0.2, 0.25) is 0 Å². The van der Waals surface area contributed by atoms with Gasteiger partial charge in [0, 0.05) is 0 Å². The van der Waals surface area contributed by atoms with Gasteiger partial charge in [-0.1, -0.05) is 0 Å². The van der Waals surface area contributed by atoms with Crippen LogP contribution < -0.4 is 5.73 Å². The van der Waals surface area contributed by atoms with Crippen molar-refractivity contribution in [2.75, 3.05) is 5.73 Å². The van der Waals surface area contributed by atoms with E-state index in [2.05, 4.69) is 32.8 Å². The van der Waals surface area contributed by atoms with Gasteiger partial charge in [0.25, 0.3) is 0 Å². The van der Waals surface area contributed by atoms with Crippen molar-refractivity contribution in [3.05, 3.63) is 28.0 Å². The second-order valence-electron chi connectivity index (χ2n) is 3.27. The Morgan fingerprint density at radius 1 is 1.71 bits per heavy atom. The van der Waals surface area contributed by atoms with Crippen LogP contribution in [0.3, 0.4) is 0 Å². The Balaban J connectivity index is 2.38. The Morgan fingerprint density at radius 3 is 2.88 bits per heavy atom. The number of nitrogen functional groups attached to an aromatic ring is 1. The number of nitrogens with two attached hydrogens (primary N) is 1. The van der Waals surface area contributed by atoms with Gasteiger partial charge in [-0.3, -0.25) is 5.10 Å². The molecule has 0 aliphatic carbocycles. The highest BCUT2D eigenvalue weighted by atomic mass is 32.1. The fraction of sp³-hybridized carbons (Fsp3) is 0.286. The summed E-state index contributed by atoms with van der Waals surface area (Å²) in [5.74, 6) is 0.736. The fourth-order valence-electron chi connectivity index (χ4n) is 1.37. The zero-order valence-electron chi connectivity index (χ0n) is 8.73.